The average molecular weight is 594 g/mol. The molecule has 1 N–H and O–H groups in total. The van der Waals surface area contributed by atoms with Gasteiger partial charge in [0, 0.05) is 0 Å². The Hall–Kier alpha value is -1.83. The van der Waals surface area contributed by atoms with E-state index < -0.39 is 10.0 Å². The molecule has 2 aromatic carbocycles. The topological polar surface area (TPSA) is 75.7 Å². The van der Waals surface area contributed by atoms with Gasteiger partial charge in [0.25, 0.3) is 0 Å². The Morgan fingerprint density at radius 3 is 2.60 bits per heavy atom. The molecule has 3 aromatic rings. The van der Waals surface area contributed by atoms with Gasteiger partial charge in [-0.05, 0) is 18.2 Å². The molecular weight excluding hydrogens is 567 g/mol. The van der Waals surface area contributed by atoms with Crippen LogP contribution in [0.4, 0.5) is 0 Å². The molecule has 1 saturated heterocycles. The summed E-state index contributed by atoms with van der Waals surface area (Å²) in [5.41, 5.74) is 1.80. The summed E-state index contributed by atoms with van der Waals surface area (Å²) in [7, 11) is -1.97. The Morgan fingerprint density at radius 2 is 1.89 bits per heavy atom. The van der Waals surface area contributed by atoms with E-state index in [4.69, 9.17) is 16.3 Å². The molecule has 1 amide bonds. The van der Waals surface area contributed by atoms with Gasteiger partial charge >= 0.3 is 181 Å². The molecule has 0 bridgehead atoms. The second-order valence-electron chi connectivity index (χ2n) is 8.24. The number of thiophene rings is 1. The summed E-state index contributed by atoms with van der Waals surface area (Å²) in [6.07, 6.45) is 1.81. The second kappa shape index (κ2) is 11.9. The summed E-state index contributed by atoms with van der Waals surface area (Å²) >= 11 is 7.30. The van der Waals surface area contributed by atoms with Crippen molar-refractivity contribution in [2.75, 3.05) is 20.2 Å². The van der Waals surface area contributed by atoms with Crippen molar-refractivity contribution in [3.8, 4) is 5.75 Å². The van der Waals surface area contributed by atoms with Gasteiger partial charge in [-0.15, -0.1) is 0 Å². The van der Waals surface area contributed by atoms with Gasteiger partial charge in [0.1, 0.15) is 5.75 Å². The number of rotatable bonds is 9. The summed E-state index contributed by atoms with van der Waals surface area (Å²) in [5, 5.41) is 4.67. The Morgan fingerprint density at radius 1 is 1.14 bits per heavy atom. The standard InChI is InChI=1S/C25H27AsClN2O4S2/c1-33-22-4-2-3-19(15-22)25(30)28-17-23-9-10-24(34-23)35(31,32)29-13-11-20(12-14-29)26-16-18-5-7-21(27)8-6-18/h2-10,15,20H,11-14,16-17H2,1H3,(H,28,30). The molecule has 1 aliphatic heterocycles. The molecular formula is C25H27AsClN2O4S2. The maximum Gasteiger partial charge on any atom is -0.00720 e. The third kappa shape index (κ3) is 6.89. The number of nitrogens with zero attached hydrogens (tertiary/aromatic N) is 1. The molecule has 0 spiro atoms. The monoisotopic (exact) mass is 593 g/mol. The van der Waals surface area contributed by atoms with Crippen LogP contribution in [-0.4, -0.2) is 54.6 Å². The number of hydrogen-bond donors (Lipinski definition) is 1. The number of carbonyl (C=O) groups is 1. The Balaban J connectivity index is 1.28. The zero-order chi connectivity index (χ0) is 24.8. The first-order chi connectivity index (χ1) is 16.8. The number of piperidine rings is 1. The average Bonchev–Trinajstić information content (AvgIpc) is 3.37. The molecule has 0 atom stereocenters. The van der Waals surface area contributed by atoms with E-state index in [1.807, 2.05) is 12.1 Å². The van der Waals surface area contributed by atoms with Gasteiger partial charge in [-0.1, -0.05) is 6.07 Å². The first-order valence-electron chi connectivity index (χ1n) is 11.3. The predicted molar refractivity (Wildman–Crippen MR) is 141 cm³/mol. The predicted octanol–water partition coefficient (Wildman–Crippen LogP) is 4.82. The minimum absolute atomic E-state index is 0.123. The van der Waals surface area contributed by atoms with Crippen LogP contribution < -0.4 is 10.1 Å². The van der Waals surface area contributed by atoms with Gasteiger partial charge in [-0.3, -0.25) is 0 Å². The zero-order valence-electron chi connectivity index (χ0n) is 19.3. The zero-order valence-corrected chi connectivity index (χ0v) is 23.6. The van der Waals surface area contributed by atoms with Crippen LogP contribution in [-0.2, 0) is 21.8 Å². The van der Waals surface area contributed by atoms with E-state index in [0.29, 0.717) is 33.3 Å². The maximum absolute atomic E-state index is 13.2. The fourth-order valence-electron chi connectivity index (χ4n) is 3.84. The Labute approximate surface area is 222 Å². The molecule has 10 heteroatoms. The number of sulfonamides is 1. The SMILES string of the molecule is COc1cccc(C(=O)NCc2ccc(S(=O)(=O)N3CCC([As]Cc4ccc(Cl)cc4)CC3)s2)c1. The smallest absolute Gasteiger partial charge is 0.00720 e. The van der Waals surface area contributed by atoms with Crippen molar-refractivity contribution in [2.24, 2.45) is 0 Å². The number of benzene rings is 2. The largest absolute Gasteiger partial charge is 0.00720 e. The molecule has 0 saturated carbocycles. The molecule has 4 rings (SSSR count). The number of carbonyl (C=O) groups excluding carboxylic acids is 1. The van der Waals surface area contributed by atoms with Crippen LogP contribution in [0.5, 0.6) is 5.75 Å². The van der Waals surface area contributed by atoms with E-state index in [1.54, 1.807) is 47.8 Å². The maximum atomic E-state index is 13.2. The van der Waals surface area contributed by atoms with Gasteiger partial charge in [-0.25, -0.2) is 0 Å². The van der Waals surface area contributed by atoms with Gasteiger partial charge in [0.2, 0.25) is 0 Å². The van der Waals surface area contributed by atoms with Gasteiger partial charge in [0.15, 0.2) is 0 Å². The van der Waals surface area contributed by atoms with Crippen molar-refractivity contribution >= 4 is 54.6 Å². The van der Waals surface area contributed by atoms with Crippen molar-refractivity contribution in [2.45, 2.75) is 33.5 Å². The number of nitrogens with one attached hydrogen (secondary N) is 1. The molecule has 35 heavy (non-hydrogen) atoms. The Kier molecular flexibility index (Phi) is 8.95. The molecule has 1 radical (unpaired) electrons. The summed E-state index contributed by atoms with van der Waals surface area (Å²) in [4.78, 5) is 13.2. The third-order valence-corrected chi connectivity index (χ3v) is 12.9. The van der Waals surface area contributed by atoms with E-state index >= 15 is 0 Å². The molecule has 0 unspecified atom stereocenters. The van der Waals surface area contributed by atoms with Gasteiger partial charge in [-0.2, -0.15) is 0 Å². The fraction of sp³-hybridized carbons (Fsp3) is 0.320. The number of methoxy groups -OCH3 is 1. The number of amides is 1. The molecule has 0 aliphatic carbocycles. The van der Waals surface area contributed by atoms with Crippen molar-refractivity contribution in [3.63, 3.8) is 0 Å². The van der Waals surface area contributed by atoms with Gasteiger partial charge < -0.3 is 4.74 Å². The van der Waals surface area contributed by atoms with Crippen LogP contribution in [0.3, 0.4) is 0 Å². The van der Waals surface area contributed by atoms with Crippen LogP contribution in [0.25, 0.3) is 0 Å². The van der Waals surface area contributed by atoms with Crippen molar-refractivity contribution in [1.82, 2.24) is 9.62 Å². The minimum Gasteiger partial charge on any atom is -0.00720 e. The summed E-state index contributed by atoms with van der Waals surface area (Å²) in [5.74, 6) is 0.378. The van der Waals surface area contributed by atoms with E-state index in [-0.39, 0.29) is 28.2 Å². The molecule has 1 aliphatic rings. The van der Waals surface area contributed by atoms with E-state index in [1.165, 1.54) is 16.9 Å². The molecule has 1 aromatic heterocycles. The van der Waals surface area contributed by atoms with Crippen LogP contribution in [0, 0.1) is 0 Å². The van der Waals surface area contributed by atoms with Crippen LogP contribution in [0.1, 0.15) is 33.6 Å². The molecule has 6 nitrogen and oxygen atoms in total. The minimum atomic E-state index is -3.52. The summed E-state index contributed by atoms with van der Waals surface area (Å²) in [6.45, 7) is 1.39. The van der Waals surface area contributed by atoms with Crippen molar-refractivity contribution < 1.29 is 17.9 Å². The van der Waals surface area contributed by atoms with Crippen molar-refractivity contribution in [3.05, 3.63) is 81.7 Å². The van der Waals surface area contributed by atoms with E-state index in [2.05, 4.69) is 17.4 Å². The normalized spacial score (nSPS) is 15.5. The number of hydrogen-bond acceptors (Lipinski definition) is 5. The van der Waals surface area contributed by atoms with E-state index in [9.17, 15) is 13.2 Å². The van der Waals surface area contributed by atoms with Crippen LogP contribution >= 0.6 is 22.9 Å². The fourth-order valence-corrected chi connectivity index (χ4v) is 9.56. The first kappa shape index (κ1) is 26.2. The van der Waals surface area contributed by atoms with E-state index in [0.717, 1.165) is 27.9 Å². The van der Waals surface area contributed by atoms with Crippen molar-refractivity contribution in [1.29, 1.82) is 0 Å². The third-order valence-electron chi connectivity index (χ3n) is 5.86. The molecule has 185 valence electrons. The first-order valence-corrected chi connectivity index (χ1v) is 16.3. The summed E-state index contributed by atoms with van der Waals surface area (Å²) < 4.78 is 34.1. The van der Waals surface area contributed by atoms with Crippen LogP contribution in [0.15, 0.2) is 64.9 Å². The number of ether oxygens (including phenoxy) is 1. The Bertz CT molecular complexity index is 1260. The summed E-state index contributed by atoms with van der Waals surface area (Å²) in [6, 6.07) is 18.3. The molecule has 1 fully saturated rings. The molecule has 2 heterocycles. The van der Waals surface area contributed by atoms with Gasteiger partial charge in [0.05, 0.1) is 7.11 Å². The van der Waals surface area contributed by atoms with Crippen LogP contribution in [0.2, 0.25) is 9.73 Å². The number of halogens is 1. The second-order valence-corrected chi connectivity index (χ2v) is 15.0. The quantitative estimate of drug-likeness (QED) is 0.361.